The molecule has 0 saturated carbocycles. The van der Waals surface area contributed by atoms with Gasteiger partial charge in [0.05, 0.1) is 18.5 Å². The summed E-state index contributed by atoms with van der Waals surface area (Å²) in [5.74, 6) is 0.375. The lowest BCUT2D eigenvalue weighted by Gasteiger charge is -2.10. The molecule has 1 aromatic heterocycles. The summed E-state index contributed by atoms with van der Waals surface area (Å²) in [7, 11) is 1.53. The average molecular weight is 247 g/mol. The zero-order valence-corrected chi connectivity index (χ0v) is 10.0. The van der Waals surface area contributed by atoms with Gasteiger partial charge in [0, 0.05) is 18.6 Å². The summed E-state index contributed by atoms with van der Waals surface area (Å²) in [5.41, 5.74) is 1.78. The van der Waals surface area contributed by atoms with E-state index in [4.69, 9.17) is 4.74 Å². The fourth-order valence-electron chi connectivity index (χ4n) is 1.65. The van der Waals surface area contributed by atoms with E-state index in [1.165, 1.54) is 20.1 Å². The van der Waals surface area contributed by atoms with Gasteiger partial charge in [0.2, 0.25) is 5.91 Å². The molecule has 0 aliphatic carbocycles. The molecule has 0 fully saturated rings. The molecule has 2 aromatic rings. The minimum Gasteiger partial charge on any atom is -0.495 e. The molecular weight excluding hydrogens is 234 g/mol. The molecule has 0 atom stereocenters. The first-order valence-electron chi connectivity index (χ1n) is 5.34. The van der Waals surface area contributed by atoms with Crippen molar-refractivity contribution in [3.05, 3.63) is 34.6 Å². The third kappa shape index (κ3) is 2.42. The van der Waals surface area contributed by atoms with Crippen LogP contribution in [0.3, 0.4) is 0 Å². The van der Waals surface area contributed by atoms with Crippen LogP contribution in [-0.4, -0.2) is 23.2 Å². The van der Waals surface area contributed by atoms with Crippen molar-refractivity contribution in [2.24, 2.45) is 0 Å². The Morgan fingerprint density at radius 3 is 2.61 bits per heavy atom. The molecule has 18 heavy (non-hydrogen) atoms. The van der Waals surface area contributed by atoms with Crippen LogP contribution in [0.1, 0.15) is 6.92 Å². The lowest BCUT2D eigenvalue weighted by atomic mass is 10.1. The number of rotatable bonds is 3. The van der Waals surface area contributed by atoms with Gasteiger partial charge in [-0.2, -0.15) is 0 Å². The molecule has 1 heterocycles. The molecule has 0 aliphatic rings. The quantitative estimate of drug-likeness (QED) is 0.764. The number of carbonyl (C=O) groups excluding carboxylic acids is 1. The smallest absolute Gasteiger partial charge is 0.264 e. The highest BCUT2D eigenvalue weighted by Crippen LogP contribution is 2.29. The summed E-state index contributed by atoms with van der Waals surface area (Å²) in [6, 6.07) is 6.70. The Morgan fingerprint density at radius 2 is 2.06 bits per heavy atom. The van der Waals surface area contributed by atoms with Crippen LogP contribution in [0.4, 0.5) is 5.69 Å². The van der Waals surface area contributed by atoms with E-state index in [9.17, 15) is 9.59 Å². The molecule has 0 saturated heterocycles. The second kappa shape index (κ2) is 4.79. The number of amides is 1. The third-order valence-corrected chi connectivity index (χ3v) is 2.42. The van der Waals surface area contributed by atoms with Crippen molar-refractivity contribution >= 4 is 11.6 Å². The van der Waals surface area contributed by atoms with Crippen molar-refractivity contribution < 1.29 is 9.53 Å². The van der Waals surface area contributed by atoms with E-state index in [0.29, 0.717) is 17.1 Å². The zero-order chi connectivity index (χ0) is 13.1. The van der Waals surface area contributed by atoms with Crippen LogP contribution in [0.25, 0.3) is 11.3 Å². The summed E-state index contributed by atoms with van der Waals surface area (Å²) >= 11 is 0. The molecule has 6 nitrogen and oxygen atoms in total. The maximum absolute atomic E-state index is 11.1. The first-order chi connectivity index (χ1) is 8.60. The Labute approximate surface area is 103 Å². The van der Waals surface area contributed by atoms with Crippen molar-refractivity contribution in [1.82, 2.24) is 10.2 Å². The number of aromatic amines is 2. The highest BCUT2D eigenvalue weighted by molar-refractivity contribution is 5.91. The standard InChI is InChI=1S/C12H13N3O3/c1-7(16)13-10-5-8(3-4-11(10)18-2)9-6-12(17)15-14-9/h3-6H,1-2H3,(H,13,16)(H2,14,15,17). The van der Waals surface area contributed by atoms with Gasteiger partial charge in [0.1, 0.15) is 5.75 Å². The van der Waals surface area contributed by atoms with E-state index < -0.39 is 0 Å². The number of anilines is 1. The Hall–Kier alpha value is -2.50. The molecule has 0 bridgehead atoms. The number of benzene rings is 1. The number of hydrogen-bond acceptors (Lipinski definition) is 3. The van der Waals surface area contributed by atoms with Crippen molar-refractivity contribution in [3.63, 3.8) is 0 Å². The lowest BCUT2D eigenvalue weighted by Crippen LogP contribution is -2.07. The minimum absolute atomic E-state index is 0.187. The van der Waals surface area contributed by atoms with Crippen LogP contribution in [0, 0.1) is 0 Å². The van der Waals surface area contributed by atoms with Crippen molar-refractivity contribution in [2.75, 3.05) is 12.4 Å². The van der Waals surface area contributed by atoms with Crippen LogP contribution in [0.5, 0.6) is 5.75 Å². The second-order valence-corrected chi connectivity index (χ2v) is 3.77. The molecule has 6 heteroatoms. The number of carbonyl (C=O) groups is 1. The maximum atomic E-state index is 11.1. The monoisotopic (exact) mass is 247 g/mol. The maximum Gasteiger partial charge on any atom is 0.264 e. The van der Waals surface area contributed by atoms with Crippen LogP contribution < -0.4 is 15.6 Å². The van der Waals surface area contributed by atoms with Crippen LogP contribution >= 0.6 is 0 Å². The summed E-state index contributed by atoms with van der Waals surface area (Å²) < 4.78 is 5.15. The normalized spacial score (nSPS) is 10.1. The zero-order valence-electron chi connectivity index (χ0n) is 10.0. The van der Waals surface area contributed by atoms with Gasteiger partial charge in [-0.3, -0.25) is 19.8 Å². The molecule has 0 unspecified atom stereocenters. The Balaban J connectivity index is 2.45. The number of hydrogen-bond donors (Lipinski definition) is 3. The fraction of sp³-hybridized carbons (Fsp3) is 0.167. The first kappa shape index (κ1) is 12.0. The topological polar surface area (TPSA) is 87.0 Å². The number of H-pyrrole nitrogens is 2. The highest BCUT2D eigenvalue weighted by atomic mass is 16.5. The van der Waals surface area contributed by atoms with Gasteiger partial charge in [-0.1, -0.05) is 0 Å². The van der Waals surface area contributed by atoms with Crippen molar-refractivity contribution in [1.29, 1.82) is 0 Å². The van der Waals surface area contributed by atoms with E-state index >= 15 is 0 Å². The summed E-state index contributed by atoms with van der Waals surface area (Å²) in [6.45, 7) is 1.42. The fourth-order valence-corrected chi connectivity index (χ4v) is 1.65. The molecule has 2 rings (SSSR count). The van der Waals surface area contributed by atoms with Gasteiger partial charge in [-0.15, -0.1) is 0 Å². The number of aromatic nitrogens is 2. The second-order valence-electron chi connectivity index (χ2n) is 3.77. The van der Waals surface area contributed by atoms with Crippen LogP contribution in [0.15, 0.2) is 29.1 Å². The molecule has 94 valence electrons. The van der Waals surface area contributed by atoms with Crippen molar-refractivity contribution in [2.45, 2.75) is 6.92 Å². The average Bonchev–Trinajstić information content (AvgIpc) is 2.75. The van der Waals surface area contributed by atoms with E-state index in [0.717, 1.165) is 5.56 Å². The predicted octanol–water partition coefficient (Wildman–Crippen LogP) is 1.34. The molecule has 0 radical (unpaired) electrons. The van der Waals surface area contributed by atoms with Crippen molar-refractivity contribution in [3.8, 4) is 17.0 Å². The molecular formula is C12H13N3O3. The van der Waals surface area contributed by atoms with Gasteiger partial charge >= 0.3 is 0 Å². The summed E-state index contributed by atoms with van der Waals surface area (Å²) in [5, 5.41) is 7.88. The van der Waals surface area contributed by atoms with Gasteiger partial charge in [-0.25, -0.2) is 0 Å². The minimum atomic E-state index is -0.207. The van der Waals surface area contributed by atoms with Gasteiger partial charge in [-0.05, 0) is 18.2 Å². The Kier molecular flexibility index (Phi) is 3.18. The van der Waals surface area contributed by atoms with E-state index in [1.54, 1.807) is 18.2 Å². The highest BCUT2D eigenvalue weighted by Gasteiger charge is 2.08. The molecule has 3 N–H and O–H groups in total. The number of ether oxygens (including phenoxy) is 1. The van der Waals surface area contributed by atoms with E-state index in [-0.39, 0.29) is 11.5 Å². The predicted molar refractivity (Wildman–Crippen MR) is 67.7 cm³/mol. The molecule has 1 aromatic carbocycles. The van der Waals surface area contributed by atoms with Crippen LogP contribution in [-0.2, 0) is 4.79 Å². The lowest BCUT2D eigenvalue weighted by molar-refractivity contribution is -0.114. The van der Waals surface area contributed by atoms with Crippen LogP contribution in [0.2, 0.25) is 0 Å². The molecule has 0 spiro atoms. The molecule has 0 aliphatic heterocycles. The first-order valence-corrected chi connectivity index (χ1v) is 5.34. The number of nitrogens with one attached hydrogen (secondary N) is 3. The summed E-state index contributed by atoms with van der Waals surface area (Å²) in [6.07, 6.45) is 0. The summed E-state index contributed by atoms with van der Waals surface area (Å²) in [4.78, 5) is 22.2. The molecule has 1 amide bonds. The van der Waals surface area contributed by atoms with Gasteiger partial charge in [0.15, 0.2) is 0 Å². The van der Waals surface area contributed by atoms with Gasteiger partial charge < -0.3 is 10.1 Å². The SMILES string of the molecule is COc1ccc(-c2cc(=O)[nH][nH]2)cc1NC(C)=O. The largest absolute Gasteiger partial charge is 0.495 e. The van der Waals surface area contributed by atoms with E-state index in [1.807, 2.05) is 0 Å². The Morgan fingerprint density at radius 1 is 1.28 bits per heavy atom. The van der Waals surface area contributed by atoms with E-state index in [2.05, 4.69) is 15.5 Å². The third-order valence-electron chi connectivity index (χ3n) is 2.42. The number of methoxy groups -OCH3 is 1. The van der Waals surface area contributed by atoms with Gasteiger partial charge in [0.25, 0.3) is 5.56 Å². The Bertz CT molecular complexity index is 627.